The fraction of sp³-hybridized carbons (Fsp3) is 0.421. The Bertz CT molecular complexity index is 677. The van der Waals surface area contributed by atoms with Gasteiger partial charge in [-0.25, -0.2) is 4.79 Å². The molecule has 1 heterocycles. The van der Waals surface area contributed by atoms with E-state index >= 15 is 0 Å². The van der Waals surface area contributed by atoms with Crippen molar-refractivity contribution in [2.75, 3.05) is 19.7 Å². The molecule has 0 aromatic heterocycles. The number of carboxylic acids is 1. The zero-order chi connectivity index (χ0) is 16.1. The summed E-state index contributed by atoms with van der Waals surface area (Å²) in [5.74, 6) is 0.793. The van der Waals surface area contributed by atoms with Gasteiger partial charge in [0, 0.05) is 0 Å². The maximum atomic E-state index is 11.0. The smallest absolute Gasteiger partial charge is 0.335 e. The van der Waals surface area contributed by atoms with Crippen molar-refractivity contribution in [1.29, 1.82) is 0 Å². The van der Waals surface area contributed by atoms with Gasteiger partial charge in [0.1, 0.15) is 5.75 Å². The van der Waals surface area contributed by atoms with E-state index in [0.29, 0.717) is 5.56 Å². The van der Waals surface area contributed by atoms with E-state index in [9.17, 15) is 4.79 Å². The summed E-state index contributed by atoms with van der Waals surface area (Å²) in [5, 5.41) is 14.3. The largest absolute Gasteiger partial charge is 0.494 e. The third-order valence-corrected chi connectivity index (χ3v) is 4.54. The number of carboxylic acid groups (broad SMARTS) is 1. The average Bonchev–Trinajstić information content (AvgIpc) is 2.59. The molecular weight excluding hydrogens is 290 g/mol. The zero-order valence-corrected chi connectivity index (χ0v) is 13.3. The van der Waals surface area contributed by atoms with Crippen LogP contribution in [0.15, 0.2) is 36.4 Å². The van der Waals surface area contributed by atoms with E-state index in [-0.39, 0.29) is 0 Å². The molecule has 1 fully saturated rings. The molecule has 2 N–H and O–H groups in total. The molecule has 4 heteroatoms. The third-order valence-electron chi connectivity index (χ3n) is 4.54. The summed E-state index contributed by atoms with van der Waals surface area (Å²) in [7, 11) is 0. The van der Waals surface area contributed by atoms with Crippen LogP contribution in [-0.2, 0) is 0 Å². The monoisotopic (exact) mass is 313 g/mol. The van der Waals surface area contributed by atoms with E-state index in [1.165, 1.54) is 19.3 Å². The van der Waals surface area contributed by atoms with Crippen LogP contribution < -0.4 is 10.1 Å². The number of carbonyl (C=O) groups is 1. The van der Waals surface area contributed by atoms with Gasteiger partial charge in [0.2, 0.25) is 0 Å². The van der Waals surface area contributed by atoms with Gasteiger partial charge in [0.15, 0.2) is 0 Å². The van der Waals surface area contributed by atoms with Gasteiger partial charge >= 0.3 is 5.97 Å². The van der Waals surface area contributed by atoms with Crippen LogP contribution in [0, 0.1) is 5.92 Å². The van der Waals surface area contributed by atoms with Crippen molar-refractivity contribution in [3.05, 3.63) is 42.0 Å². The molecule has 0 radical (unpaired) electrons. The highest BCUT2D eigenvalue weighted by Crippen LogP contribution is 2.23. The van der Waals surface area contributed by atoms with Gasteiger partial charge in [-0.05, 0) is 79.7 Å². The maximum absolute atomic E-state index is 11.0. The van der Waals surface area contributed by atoms with Gasteiger partial charge in [0.25, 0.3) is 0 Å². The summed E-state index contributed by atoms with van der Waals surface area (Å²) < 4.78 is 5.85. The summed E-state index contributed by atoms with van der Waals surface area (Å²) in [6.07, 6.45) is 4.88. The van der Waals surface area contributed by atoms with Gasteiger partial charge in [-0.2, -0.15) is 0 Å². The second-order valence-electron chi connectivity index (χ2n) is 6.21. The number of hydrogen-bond donors (Lipinski definition) is 2. The van der Waals surface area contributed by atoms with E-state index in [4.69, 9.17) is 9.84 Å². The highest BCUT2D eigenvalue weighted by molar-refractivity contribution is 5.94. The number of ether oxygens (including phenoxy) is 1. The van der Waals surface area contributed by atoms with Crippen LogP contribution in [0.25, 0.3) is 10.8 Å². The van der Waals surface area contributed by atoms with Gasteiger partial charge in [-0.1, -0.05) is 12.1 Å². The first-order valence-corrected chi connectivity index (χ1v) is 8.33. The molecule has 1 aliphatic heterocycles. The Hall–Kier alpha value is -2.07. The molecule has 2 aromatic rings. The Labute approximate surface area is 136 Å². The SMILES string of the molecule is O=C(O)c1ccc2cc(OCCCC3CCNCC3)ccc2c1. The third kappa shape index (κ3) is 4.23. The van der Waals surface area contributed by atoms with Crippen LogP contribution in [0.1, 0.15) is 36.0 Å². The first-order chi connectivity index (χ1) is 11.2. The van der Waals surface area contributed by atoms with E-state index < -0.39 is 5.97 Å². The van der Waals surface area contributed by atoms with Crippen molar-refractivity contribution >= 4 is 16.7 Å². The highest BCUT2D eigenvalue weighted by atomic mass is 16.5. The molecule has 0 bridgehead atoms. The van der Waals surface area contributed by atoms with Crippen molar-refractivity contribution in [1.82, 2.24) is 5.32 Å². The van der Waals surface area contributed by atoms with E-state index in [1.54, 1.807) is 12.1 Å². The summed E-state index contributed by atoms with van der Waals surface area (Å²) in [6, 6.07) is 11.0. The molecule has 23 heavy (non-hydrogen) atoms. The Kier molecular flexibility index (Phi) is 5.13. The molecule has 4 nitrogen and oxygen atoms in total. The Morgan fingerprint density at radius 3 is 2.65 bits per heavy atom. The Balaban J connectivity index is 1.53. The minimum atomic E-state index is -0.898. The normalized spacial score (nSPS) is 15.7. The van der Waals surface area contributed by atoms with Crippen LogP contribution in [-0.4, -0.2) is 30.8 Å². The van der Waals surface area contributed by atoms with Crippen molar-refractivity contribution in [2.24, 2.45) is 5.92 Å². The summed E-state index contributed by atoms with van der Waals surface area (Å²) in [4.78, 5) is 11.0. The Morgan fingerprint density at radius 2 is 1.87 bits per heavy atom. The molecule has 1 saturated heterocycles. The first kappa shape index (κ1) is 15.8. The van der Waals surface area contributed by atoms with Crippen LogP contribution in [0.5, 0.6) is 5.75 Å². The lowest BCUT2D eigenvalue weighted by Crippen LogP contribution is -2.27. The van der Waals surface area contributed by atoms with Crippen molar-refractivity contribution in [3.8, 4) is 5.75 Å². The molecule has 0 spiro atoms. The first-order valence-electron chi connectivity index (χ1n) is 8.33. The van der Waals surface area contributed by atoms with Gasteiger partial charge < -0.3 is 15.2 Å². The van der Waals surface area contributed by atoms with Gasteiger partial charge in [0.05, 0.1) is 12.2 Å². The lowest BCUT2D eigenvalue weighted by Gasteiger charge is -2.22. The van der Waals surface area contributed by atoms with Crippen molar-refractivity contribution in [2.45, 2.75) is 25.7 Å². The molecular formula is C19H23NO3. The molecule has 2 aromatic carbocycles. The standard InChI is InChI=1S/C19H23NO3/c21-19(22)17-4-3-16-13-18(6-5-15(16)12-17)23-11-1-2-14-7-9-20-10-8-14/h3-6,12-14,20H,1-2,7-11H2,(H,21,22). The van der Waals surface area contributed by atoms with Gasteiger partial charge in [-0.3, -0.25) is 0 Å². The minimum Gasteiger partial charge on any atom is -0.494 e. The van der Waals surface area contributed by atoms with E-state index in [2.05, 4.69) is 5.32 Å². The second-order valence-corrected chi connectivity index (χ2v) is 6.21. The molecule has 0 aliphatic carbocycles. The van der Waals surface area contributed by atoms with E-state index in [0.717, 1.165) is 48.6 Å². The maximum Gasteiger partial charge on any atom is 0.335 e. The fourth-order valence-corrected chi connectivity index (χ4v) is 3.18. The molecule has 0 amide bonds. The molecule has 0 atom stereocenters. The lowest BCUT2D eigenvalue weighted by molar-refractivity contribution is 0.0697. The van der Waals surface area contributed by atoms with E-state index in [1.807, 2.05) is 24.3 Å². The number of benzene rings is 2. The molecule has 0 saturated carbocycles. The van der Waals surface area contributed by atoms with Crippen LogP contribution in [0.2, 0.25) is 0 Å². The quantitative estimate of drug-likeness (QED) is 0.798. The van der Waals surface area contributed by atoms with Crippen LogP contribution >= 0.6 is 0 Å². The van der Waals surface area contributed by atoms with Crippen molar-refractivity contribution in [3.63, 3.8) is 0 Å². The lowest BCUT2D eigenvalue weighted by atomic mass is 9.93. The number of aromatic carboxylic acids is 1. The molecule has 122 valence electrons. The number of hydrogen-bond acceptors (Lipinski definition) is 3. The number of fused-ring (bicyclic) bond motifs is 1. The van der Waals surface area contributed by atoms with Gasteiger partial charge in [-0.15, -0.1) is 0 Å². The zero-order valence-electron chi connectivity index (χ0n) is 13.3. The van der Waals surface area contributed by atoms with Crippen molar-refractivity contribution < 1.29 is 14.6 Å². The Morgan fingerprint density at radius 1 is 1.13 bits per heavy atom. The summed E-state index contributed by atoms with van der Waals surface area (Å²) in [6.45, 7) is 3.03. The second kappa shape index (κ2) is 7.47. The predicted molar refractivity (Wildman–Crippen MR) is 91.2 cm³/mol. The molecule has 1 aliphatic rings. The number of piperidine rings is 1. The fourth-order valence-electron chi connectivity index (χ4n) is 3.18. The molecule has 0 unspecified atom stereocenters. The number of rotatable bonds is 6. The average molecular weight is 313 g/mol. The minimum absolute atomic E-state index is 0.313. The molecule has 3 rings (SSSR count). The van der Waals surface area contributed by atoms with Crippen LogP contribution in [0.3, 0.4) is 0 Å². The van der Waals surface area contributed by atoms with Crippen LogP contribution in [0.4, 0.5) is 0 Å². The summed E-state index contributed by atoms with van der Waals surface area (Å²) >= 11 is 0. The summed E-state index contributed by atoms with van der Waals surface area (Å²) in [5.41, 5.74) is 0.313. The topological polar surface area (TPSA) is 58.6 Å². The highest BCUT2D eigenvalue weighted by Gasteiger charge is 2.12. The predicted octanol–water partition coefficient (Wildman–Crippen LogP) is 3.70. The number of nitrogens with one attached hydrogen (secondary N) is 1.